The summed E-state index contributed by atoms with van der Waals surface area (Å²) in [6.07, 6.45) is 0. The third kappa shape index (κ3) is 2.60. The molecule has 2 N–H and O–H groups in total. The number of nitrogen functional groups attached to an aromatic ring is 1. The largest absolute Gasteiger partial charge is 0.454 e. The number of nitrogens with two attached hydrogens (primary N) is 1. The third-order valence-electron chi connectivity index (χ3n) is 2.43. The van der Waals surface area contributed by atoms with Gasteiger partial charge in [-0.05, 0) is 40.5 Å². The molecule has 0 saturated carbocycles. The summed E-state index contributed by atoms with van der Waals surface area (Å²) in [6, 6.07) is 8.09. The first-order valence-corrected chi connectivity index (χ1v) is 6.33. The molecule has 5 heteroatoms. The summed E-state index contributed by atoms with van der Waals surface area (Å²) in [5.41, 5.74) is 7.20. The molecule has 0 spiro atoms. The zero-order chi connectivity index (χ0) is 13.3. The van der Waals surface area contributed by atoms with E-state index in [0.717, 1.165) is 5.56 Å². The van der Waals surface area contributed by atoms with Crippen LogP contribution in [0.5, 0.6) is 11.5 Å². The van der Waals surface area contributed by atoms with E-state index in [1.165, 1.54) is 12.1 Å². The van der Waals surface area contributed by atoms with Gasteiger partial charge in [-0.2, -0.15) is 0 Å². The maximum absolute atomic E-state index is 13.4. The van der Waals surface area contributed by atoms with Crippen molar-refractivity contribution in [2.75, 3.05) is 5.73 Å². The fourth-order valence-corrected chi connectivity index (χ4v) is 2.23. The summed E-state index contributed by atoms with van der Waals surface area (Å²) in [4.78, 5) is 0. The number of aryl methyl sites for hydroxylation is 1. The molecule has 0 aliphatic rings. The number of rotatable bonds is 2. The smallest absolute Gasteiger partial charge is 0.153 e. The van der Waals surface area contributed by atoms with Gasteiger partial charge in [0.25, 0.3) is 0 Å². The van der Waals surface area contributed by atoms with Gasteiger partial charge in [0.1, 0.15) is 11.6 Å². The summed E-state index contributed by atoms with van der Waals surface area (Å²) in [5.74, 6) is 0.305. The molecular formula is C13H10BrClFNO. The molecule has 94 valence electrons. The van der Waals surface area contributed by atoms with Crippen molar-refractivity contribution in [1.29, 1.82) is 0 Å². The maximum Gasteiger partial charge on any atom is 0.153 e. The molecule has 2 nitrogen and oxygen atoms in total. The Morgan fingerprint density at radius 1 is 1.33 bits per heavy atom. The summed E-state index contributed by atoms with van der Waals surface area (Å²) >= 11 is 8.94. The van der Waals surface area contributed by atoms with Crippen molar-refractivity contribution in [3.05, 3.63) is 51.2 Å². The standard InChI is InChI=1S/C13H10BrClFNO/c1-7-3-2-4-11(17)13(7)18-12-6-10(16)9(15)5-8(12)14/h2-6H,17H2,1H3. The Morgan fingerprint density at radius 3 is 2.72 bits per heavy atom. The van der Waals surface area contributed by atoms with Gasteiger partial charge < -0.3 is 10.5 Å². The maximum atomic E-state index is 13.4. The number of hydrogen-bond acceptors (Lipinski definition) is 2. The van der Waals surface area contributed by atoms with E-state index in [2.05, 4.69) is 15.9 Å². The van der Waals surface area contributed by atoms with Crippen LogP contribution in [0.2, 0.25) is 5.02 Å². The second-order valence-corrected chi connectivity index (χ2v) is 5.05. The van der Waals surface area contributed by atoms with Gasteiger partial charge in [-0.3, -0.25) is 0 Å². The normalized spacial score (nSPS) is 10.4. The van der Waals surface area contributed by atoms with Gasteiger partial charge in [0.05, 0.1) is 15.2 Å². The summed E-state index contributed by atoms with van der Waals surface area (Å²) in [6.45, 7) is 1.87. The number of anilines is 1. The zero-order valence-electron chi connectivity index (χ0n) is 9.51. The minimum Gasteiger partial charge on any atom is -0.454 e. The Balaban J connectivity index is 2.43. The molecule has 18 heavy (non-hydrogen) atoms. The number of ether oxygens (including phenoxy) is 1. The molecule has 0 heterocycles. The molecule has 0 radical (unpaired) electrons. The Hall–Kier alpha value is -1.26. The SMILES string of the molecule is Cc1cccc(N)c1Oc1cc(F)c(Cl)cc1Br. The molecule has 2 aromatic rings. The molecule has 0 unspecified atom stereocenters. The Morgan fingerprint density at radius 2 is 2.06 bits per heavy atom. The first-order valence-electron chi connectivity index (χ1n) is 5.16. The van der Waals surface area contributed by atoms with E-state index in [1.54, 1.807) is 6.07 Å². The molecule has 2 aromatic carbocycles. The van der Waals surface area contributed by atoms with Gasteiger partial charge in [0.15, 0.2) is 5.75 Å². The quantitative estimate of drug-likeness (QED) is 0.626. The summed E-state index contributed by atoms with van der Waals surface area (Å²) < 4.78 is 19.6. The van der Waals surface area contributed by atoms with Crippen molar-refractivity contribution in [2.45, 2.75) is 6.92 Å². The van der Waals surface area contributed by atoms with E-state index in [-0.39, 0.29) is 5.02 Å². The molecule has 0 atom stereocenters. The minimum absolute atomic E-state index is 0.0342. The predicted octanol–water partition coefficient (Wildman–Crippen LogP) is 4.92. The number of benzene rings is 2. The van der Waals surface area contributed by atoms with Crippen LogP contribution in [0.4, 0.5) is 10.1 Å². The van der Waals surface area contributed by atoms with E-state index < -0.39 is 5.82 Å². The lowest BCUT2D eigenvalue weighted by atomic mass is 10.2. The summed E-state index contributed by atoms with van der Waals surface area (Å²) in [7, 11) is 0. The van der Waals surface area contributed by atoms with Crippen LogP contribution < -0.4 is 10.5 Å². The average molecular weight is 331 g/mol. The number of para-hydroxylation sites is 1. The Kier molecular flexibility index (Phi) is 3.78. The molecular weight excluding hydrogens is 321 g/mol. The van der Waals surface area contributed by atoms with Gasteiger partial charge in [0, 0.05) is 6.07 Å². The lowest BCUT2D eigenvalue weighted by Crippen LogP contribution is -1.95. The fourth-order valence-electron chi connectivity index (χ4n) is 1.51. The second-order valence-electron chi connectivity index (χ2n) is 3.79. The lowest BCUT2D eigenvalue weighted by molar-refractivity contribution is 0.472. The van der Waals surface area contributed by atoms with Gasteiger partial charge >= 0.3 is 0 Å². The van der Waals surface area contributed by atoms with Crippen LogP contribution in [0.25, 0.3) is 0 Å². The van der Waals surface area contributed by atoms with Crippen LogP contribution in [0.1, 0.15) is 5.56 Å². The van der Waals surface area contributed by atoms with Crippen LogP contribution in [0, 0.1) is 12.7 Å². The molecule has 0 saturated heterocycles. The van der Waals surface area contributed by atoms with E-state index in [9.17, 15) is 4.39 Å². The number of halogens is 3. The first-order chi connectivity index (χ1) is 8.49. The molecule has 2 rings (SSSR count). The summed E-state index contributed by atoms with van der Waals surface area (Å²) in [5, 5.41) is 0.0342. The van der Waals surface area contributed by atoms with Gasteiger partial charge in [-0.15, -0.1) is 0 Å². The van der Waals surface area contributed by atoms with Crippen LogP contribution in [-0.4, -0.2) is 0 Å². The van der Waals surface area contributed by atoms with E-state index in [0.29, 0.717) is 21.7 Å². The first kappa shape index (κ1) is 13.2. The van der Waals surface area contributed by atoms with Crippen molar-refractivity contribution in [3.8, 4) is 11.5 Å². The van der Waals surface area contributed by atoms with Gasteiger partial charge in [-0.1, -0.05) is 23.7 Å². The minimum atomic E-state index is -0.540. The molecule has 0 fully saturated rings. The highest BCUT2D eigenvalue weighted by Gasteiger charge is 2.11. The third-order valence-corrected chi connectivity index (χ3v) is 3.34. The zero-order valence-corrected chi connectivity index (χ0v) is 11.8. The van der Waals surface area contributed by atoms with Crippen LogP contribution >= 0.6 is 27.5 Å². The van der Waals surface area contributed by atoms with Crippen LogP contribution in [0.15, 0.2) is 34.8 Å². The molecule has 0 bridgehead atoms. The molecule has 0 aliphatic heterocycles. The monoisotopic (exact) mass is 329 g/mol. The predicted molar refractivity (Wildman–Crippen MR) is 74.8 cm³/mol. The lowest BCUT2D eigenvalue weighted by Gasteiger charge is -2.12. The van der Waals surface area contributed by atoms with Crippen molar-refractivity contribution < 1.29 is 9.13 Å². The van der Waals surface area contributed by atoms with Gasteiger partial charge in [0.2, 0.25) is 0 Å². The fraction of sp³-hybridized carbons (Fsp3) is 0.0769. The van der Waals surface area contributed by atoms with Crippen molar-refractivity contribution in [2.24, 2.45) is 0 Å². The van der Waals surface area contributed by atoms with Crippen molar-refractivity contribution in [3.63, 3.8) is 0 Å². The topological polar surface area (TPSA) is 35.2 Å². The highest BCUT2D eigenvalue weighted by atomic mass is 79.9. The van der Waals surface area contributed by atoms with Crippen molar-refractivity contribution >= 4 is 33.2 Å². The molecule has 0 aliphatic carbocycles. The van der Waals surface area contributed by atoms with E-state index >= 15 is 0 Å². The van der Waals surface area contributed by atoms with Gasteiger partial charge in [-0.25, -0.2) is 4.39 Å². The van der Waals surface area contributed by atoms with Crippen LogP contribution in [-0.2, 0) is 0 Å². The van der Waals surface area contributed by atoms with E-state index in [1.807, 2.05) is 19.1 Å². The highest BCUT2D eigenvalue weighted by molar-refractivity contribution is 9.10. The van der Waals surface area contributed by atoms with Crippen molar-refractivity contribution in [1.82, 2.24) is 0 Å². The highest BCUT2D eigenvalue weighted by Crippen LogP contribution is 2.37. The second kappa shape index (κ2) is 5.16. The average Bonchev–Trinajstić information content (AvgIpc) is 2.30. The Bertz CT molecular complexity index is 584. The Labute approximate surface area is 118 Å². The molecule has 0 amide bonds. The van der Waals surface area contributed by atoms with E-state index in [4.69, 9.17) is 22.1 Å². The molecule has 0 aromatic heterocycles. The number of hydrogen-bond donors (Lipinski definition) is 1. The van der Waals surface area contributed by atoms with Crippen LogP contribution in [0.3, 0.4) is 0 Å².